The van der Waals surface area contributed by atoms with Crippen molar-refractivity contribution in [2.75, 3.05) is 14.2 Å². The Bertz CT molecular complexity index is 851. The summed E-state index contributed by atoms with van der Waals surface area (Å²) in [5, 5.41) is 0. The van der Waals surface area contributed by atoms with E-state index in [0.29, 0.717) is 22.6 Å². The number of amides is 1. The zero-order valence-corrected chi connectivity index (χ0v) is 12.7. The smallest absolute Gasteiger partial charge is 0.266 e. The maximum atomic E-state index is 11.8. The van der Waals surface area contributed by atoms with Crippen molar-refractivity contribution < 1.29 is 22.7 Å². The van der Waals surface area contributed by atoms with Gasteiger partial charge in [-0.2, -0.15) is 0 Å². The van der Waals surface area contributed by atoms with Crippen molar-refractivity contribution in [3.63, 3.8) is 0 Å². The number of fused-ring (bicyclic) bond motifs is 1. The molecule has 114 valence electrons. The maximum Gasteiger partial charge on any atom is 0.266 e. The monoisotopic (exact) mass is 319 g/mol. The van der Waals surface area contributed by atoms with Crippen LogP contribution in [0.25, 0.3) is 11.1 Å². The SMILES string of the molecule is COc1cccc(OC)c1-c1ccc2c(c1)C(=O)NS2(=O)=O. The quantitative estimate of drug-likeness (QED) is 0.933. The molecule has 0 unspecified atom stereocenters. The summed E-state index contributed by atoms with van der Waals surface area (Å²) in [5.74, 6) is 0.506. The normalized spacial score (nSPS) is 15.1. The fourth-order valence-electron chi connectivity index (χ4n) is 2.46. The Kier molecular flexibility index (Phi) is 3.29. The third-order valence-corrected chi connectivity index (χ3v) is 4.85. The number of benzene rings is 2. The number of hydrogen-bond donors (Lipinski definition) is 1. The molecule has 0 aromatic heterocycles. The van der Waals surface area contributed by atoms with Gasteiger partial charge in [0.1, 0.15) is 16.4 Å². The standard InChI is InChI=1S/C15H13NO5S/c1-20-11-4-3-5-12(21-2)14(11)9-6-7-13-10(8-9)15(17)16-22(13,18)19/h3-8H,1-2H3,(H,16,17). The number of hydrogen-bond acceptors (Lipinski definition) is 5. The third kappa shape index (κ3) is 2.10. The highest BCUT2D eigenvalue weighted by Gasteiger charge is 2.32. The number of rotatable bonds is 3. The van der Waals surface area contributed by atoms with Gasteiger partial charge in [-0.25, -0.2) is 13.1 Å². The topological polar surface area (TPSA) is 81.7 Å². The average Bonchev–Trinajstić information content (AvgIpc) is 2.75. The van der Waals surface area contributed by atoms with E-state index in [-0.39, 0.29) is 10.5 Å². The molecule has 0 bridgehead atoms. The second kappa shape index (κ2) is 5.03. The minimum atomic E-state index is -3.75. The van der Waals surface area contributed by atoms with Crippen LogP contribution in [0.1, 0.15) is 10.4 Å². The Morgan fingerprint density at radius 3 is 2.23 bits per heavy atom. The minimum Gasteiger partial charge on any atom is -0.496 e. The van der Waals surface area contributed by atoms with E-state index in [4.69, 9.17) is 9.47 Å². The van der Waals surface area contributed by atoms with Gasteiger partial charge in [-0.05, 0) is 29.8 Å². The minimum absolute atomic E-state index is 0.0184. The molecule has 6 nitrogen and oxygen atoms in total. The van der Waals surface area contributed by atoms with Crippen LogP contribution in [0.4, 0.5) is 0 Å². The molecule has 1 amide bonds. The maximum absolute atomic E-state index is 11.8. The van der Waals surface area contributed by atoms with Crippen LogP contribution < -0.4 is 14.2 Å². The number of carbonyl (C=O) groups is 1. The van der Waals surface area contributed by atoms with Crippen LogP contribution in [-0.2, 0) is 10.0 Å². The van der Waals surface area contributed by atoms with Crippen LogP contribution >= 0.6 is 0 Å². The Labute approximate surface area is 127 Å². The van der Waals surface area contributed by atoms with Gasteiger partial charge in [0.15, 0.2) is 0 Å². The van der Waals surface area contributed by atoms with Gasteiger partial charge in [-0.3, -0.25) is 4.79 Å². The van der Waals surface area contributed by atoms with Gasteiger partial charge in [0, 0.05) is 0 Å². The lowest BCUT2D eigenvalue weighted by Crippen LogP contribution is -2.20. The molecule has 2 aromatic carbocycles. The molecule has 0 spiro atoms. The van der Waals surface area contributed by atoms with Crippen molar-refractivity contribution >= 4 is 15.9 Å². The summed E-state index contributed by atoms with van der Waals surface area (Å²) in [4.78, 5) is 11.8. The Morgan fingerprint density at radius 1 is 1.00 bits per heavy atom. The lowest BCUT2D eigenvalue weighted by Gasteiger charge is -2.13. The first-order valence-corrected chi connectivity index (χ1v) is 7.89. The summed E-state index contributed by atoms with van der Waals surface area (Å²) in [6, 6.07) is 9.87. The molecule has 0 saturated carbocycles. The van der Waals surface area contributed by atoms with E-state index >= 15 is 0 Å². The number of carbonyl (C=O) groups excluding carboxylic acids is 1. The van der Waals surface area contributed by atoms with E-state index in [9.17, 15) is 13.2 Å². The first-order chi connectivity index (χ1) is 10.5. The van der Waals surface area contributed by atoms with Crippen molar-refractivity contribution in [2.45, 2.75) is 4.90 Å². The van der Waals surface area contributed by atoms with E-state index in [1.165, 1.54) is 26.4 Å². The van der Waals surface area contributed by atoms with Crippen LogP contribution in [0.15, 0.2) is 41.3 Å². The molecule has 1 heterocycles. The third-order valence-electron chi connectivity index (χ3n) is 3.46. The molecule has 1 aliphatic heterocycles. The molecule has 22 heavy (non-hydrogen) atoms. The Hall–Kier alpha value is -2.54. The number of methoxy groups -OCH3 is 2. The fourth-order valence-corrected chi connectivity index (χ4v) is 3.62. The van der Waals surface area contributed by atoms with E-state index in [1.54, 1.807) is 24.3 Å². The Balaban J connectivity index is 2.25. The van der Waals surface area contributed by atoms with Crippen molar-refractivity contribution in [3.05, 3.63) is 42.0 Å². The van der Waals surface area contributed by atoms with Crippen LogP contribution in [0.3, 0.4) is 0 Å². The zero-order valence-electron chi connectivity index (χ0n) is 11.9. The van der Waals surface area contributed by atoms with Gasteiger partial charge >= 0.3 is 0 Å². The molecule has 0 saturated heterocycles. The second-order valence-electron chi connectivity index (χ2n) is 4.68. The van der Waals surface area contributed by atoms with Gasteiger partial charge in [0.2, 0.25) is 0 Å². The Morgan fingerprint density at radius 2 is 1.64 bits per heavy atom. The summed E-state index contributed by atoms with van der Waals surface area (Å²) in [7, 11) is -0.686. The highest BCUT2D eigenvalue weighted by molar-refractivity contribution is 7.90. The second-order valence-corrected chi connectivity index (χ2v) is 6.33. The summed E-state index contributed by atoms with van der Waals surface area (Å²) in [6.45, 7) is 0. The molecule has 3 rings (SSSR count). The lowest BCUT2D eigenvalue weighted by atomic mass is 10.0. The molecule has 0 radical (unpaired) electrons. The average molecular weight is 319 g/mol. The van der Waals surface area contributed by atoms with Crippen molar-refractivity contribution in [1.82, 2.24) is 4.72 Å². The van der Waals surface area contributed by atoms with Gasteiger partial charge in [-0.15, -0.1) is 0 Å². The number of nitrogens with one attached hydrogen (secondary N) is 1. The first kappa shape index (κ1) is 14.4. The number of ether oxygens (including phenoxy) is 2. The molecule has 0 fully saturated rings. The highest BCUT2D eigenvalue weighted by Crippen LogP contribution is 2.39. The predicted molar refractivity (Wildman–Crippen MR) is 79.6 cm³/mol. The summed E-state index contributed by atoms with van der Waals surface area (Å²) >= 11 is 0. The van der Waals surface area contributed by atoms with Crippen molar-refractivity contribution in [2.24, 2.45) is 0 Å². The fraction of sp³-hybridized carbons (Fsp3) is 0.133. The molecule has 7 heteroatoms. The van der Waals surface area contributed by atoms with E-state index in [0.717, 1.165) is 0 Å². The van der Waals surface area contributed by atoms with Crippen LogP contribution in [0.5, 0.6) is 11.5 Å². The first-order valence-electron chi connectivity index (χ1n) is 6.40. The molecule has 2 aromatic rings. The van der Waals surface area contributed by atoms with E-state index < -0.39 is 15.9 Å². The zero-order chi connectivity index (χ0) is 15.9. The number of sulfonamides is 1. The lowest BCUT2D eigenvalue weighted by molar-refractivity contribution is 0.0985. The molecule has 1 N–H and O–H groups in total. The molecular weight excluding hydrogens is 306 g/mol. The highest BCUT2D eigenvalue weighted by atomic mass is 32.2. The largest absolute Gasteiger partial charge is 0.496 e. The summed E-state index contributed by atoms with van der Waals surface area (Å²) in [6.07, 6.45) is 0. The van der Waals surface area contributed by atoms with Crippen LogP contribution in [-0.4, -0.2) is 28.5 Å². The summed E-state index contributed by atoms with van der Waals surface area (Å²) < 4.78 is 36.2. The van der Waals surface area contributed by atoms with Crippen LogP contribution in [0.2, 0.25) is 0 Å². The van der Waals surface area contributed by atoms with Gasteiger partial charge < -0.3 is 9.47 Å². The van der Waals surface area contributed by atoms with Crippen LogP contribution in [0, 0.1) is 0 Å². The van der Waals surface area contributed by atoms with Crippen molar-refractivity contribution in [1.29, 1.82) is 0 Å². The van der Waals surface area contributed by atoms with E-state index in [1.807, 2.05) is 4.72 Å². The summed E-state index contributed by atoms with van der Waals surface area (Å²) in [5.41, 5.74) is 1.41. The predicted octanol–water partition coefficient (Wildman–Crippen LogP) is 1.80. The van der Waals surface area contributed by atoms with Gasteiger partial charge in [0.25, 0.3) is 15.9 Å². The van der Waals surface area contributed by atoms with Gasteiger partial charge in [-0.1, -0.05) is 12.1 Å². The van der Waals surface area contributed by atoms with Gasteiger partial charge in [0.05, 0.1) is 25.3 Å². The molecular formula is C15H13NO5S. The van der Waals surface area contributed by atoms with Crippen molar-refractivity contribution in [3.8, 4) is 22.6 Å². The molecule has 0 aliphatic carbocycles. The van der Waals surface area contributed by atoms with E-state index in [2.05, 4.69) is 0 Å². The molecule has 0 atom stereocenters. The molecule has 1 aliphatic rings.